The number of nitrogens with two attached hydrogens (primary N) is 1. The number of anilines is 1. The average molecular weight is 259 g/mol. The molecule has 0 fully saturated rings. The zero-order valence-corrected chi connectivity index (χ0v) is 10.7. The van der Waals surface area contributed by atoms with Crippen LogP contribution in [0.2, 0.25) is 0 Å². The highest BCUT2D eigenvalue weighted by atomic mass is 32.1. The second-order valence-corrected chi connectivity index (χ2v) is 4.93. The SMILES string of the molecule is N#Cc1c2n(c3c(=S)nc(N)[nH]c13)CCCCC2. The molecule has 1 aliphatic rings. The lowest BCUT2D eigenvalue weighted by molar-refractivity contribution is 0.647. The van der Waals surface area contributed by atoms with Gasteiger partial charge in [-0.3, -0.25) is 0 Å². The van der Waals surface area contributed by atoms with E-state index in [1.807, 2.05) is 0 Å². The van der Waals surface area contributed by atoms with Gasteiger partial charge in [-0.2, -0.15) is 5.26 Å². The summed E-state index contributed by atoms with van der Waals surface area (Å²) in [5.74, 6) is 0.268. The maximum absolute atomic E-state index is 9.38. The van der Waals surface area contributed by atoms with Gasteiger partial charge in [0.25, 0.3) is 0 Å². The van der Waals surface area contributed by atoms with Gasteiger partial charge in [-0.15, -0.1) is 0 Å². The molecule has 0 amide bonds. The van der Waals surface area contributed by atoms with Gasteiger partial charge in [0.05, 0.1) is 11.1 Å². The third-order valence-electron chi connectivity index (χ3n) is 3.46. The largest absolute Gasteiger partial charge is 0.369 e. The number of nitrogen functional groups attached to an aromatic ring is 1. The molecule has 0 saturated heterocycles. The van der Waals surface area contributed by atoms with Crippen molar-refractivity contribution in [3.63, 3.8) is 0 Å². The molecule has 3 rings (SSSR count). The summed E-state index contributed by atoms with van der Waals surface area (Å²) in [5.41, 5.74) is 9.02. The number of fused-ring (bicyclic) bond motifs is 3. The normalized spacial score (nSPS) is 15.1. The van der Waals surface area contributed by atoms with Gasteiger partial charge in [0.15, 0.2) is 10.6 Å². The second-order valence-electron chi connectivity index (χ2n) is 4.55. The average Bonchev–Trinajstić information content (AvgIpc) is 2.49. The fourth-order valence-electron chi connectivity index (χ4n) is 2.70. The summed E-state index contributed by atoms with van der Waals surface area (Å²) >= 11 is 5.29. The lowest BCUT2D eigenvalue weighted by atomic mass is 10.1. The van der Waals surface area contributed by atoms with E-state index >= 15 is 0 Å². The third kappa shape index (κ3) is 1.51. The summed E-state index contributed by atoms with van der Waals surface area (Å²) in [6.45, 7) is 0.899. The number of nitrogens with one attached hydrogen (secondary N) is 1. The van der Waals surface area contributed by atoms with E-state index in [1.54, 1.807) is 0 Å². The molecule has 0 unspecified atom stereocenters. The number of hydrogen-bond donors (Lipinski definition) is 2. The number of aromatic amines is 1. The summed E-state index contributed by atoms with van der Waals surface area (Å²) in [6.07, 6.45) is 4.33. The van der Waals surface area contributed by atoms with Gasteiger partial charge in [0.1, 0.15) is 11.6 Å². The summed E-state index contributed by atoms with van der Waals surface area (Å²) < 4.78 is 2.62. The maximum Gasteiger partial charge on any atom is 0.199 e. The van der Waals surface area contributed by atoms with Crippen molar-refractivity contribution in [1.82, 2.24) is 14.5 Å². The first kappa shape index (κ1) is 11.2. The summed E-state index contributed by atoms with van der Waals surface area (Å²) in [6, 6.07) is 2.28. The first-order valence-electron chi connectivity index (χ1n) is 6.03. The quantitative estimate of drug-likeness (QED) is 0.711. The van der Waals surface area contributed by atoms with Gasteiger partial charge in [-0.25, -0.2) is 4.98 Å². The molecule has 6 heteroatoms. The molecule has 0 spiro atoms. The molecule has 92 valence electrons. The van der Waals surface area contributed by atoms with Crippen molar-refractivity contribution in [3.05, 3.63) is 15.9 Å². The summed E-state index contributed by atoms with van der Waals surface area (Å²) in [5, 5.41) is 9.38. The van der Waals surface area contributed by atoms with E-state index in [2.05, 4.69) is 20.6 Å². The standard InChI is InChI=1S/C12H13N5S/c13-6-7-8-4-2-1-3-5-17(8)10-9(7)15-12(14)16-11(10)18/h1-5H2,(H3,14,15,16,18). The predicted octanol–water partition coefficient (Wildman–Crippen LogP) is 2.27. The molecule has 0 aromatic carbocycles. The Morgan fingerprint density at radius 3 is 3.00 bits per heavy atom. The van der Waals surface area contributed by atoms with Gasteiger partial charge < -0.3 is 15.3 Å². The van der Waals surface area contributed by atoms with Crippen LogP contribution >= 0.6 is 12.2 Å². The topological polar surface area (TPSA) is 83.4 Å². The molecule has 3 heterocycles. The third-order valence-corrected chi connectivity index (χ3v) is 3.74. The smallest absolute Gasteiger partial charge is 0.199 e. The molecule has 0 saturated carbocycles. The van der Waals surface area contributed by atoms with Crippen molar-refractivity contribution in [2.24, 2.45) is 0 Å². The van der Waals surface area contributed by atoms with Crippen molar-refractivity contribution in [1.29, 1.82) is 5.26 Å². The first-order valence-corrected chi connectivity index (χ1v) is 6.44. The zero-order chi connectivity index (χ0) is 12.7. The van der Waals surface area contributed by atoms with E-state index in [9.17, 15) is 5.26 Å². The number of aryl methyl sites for hydroxylation is 1. The van der Waals surface area contributed by atoms with E-state index < -0.39 is 0 Å². The van der Waals surface area contributed by atoms with Crippen molar-refractivity contribution in [2.75, 3.05) is 5.73 Å². The molecule has 1 aliphatic heterocycles. The number of rotatable bonds is 0. The van der Waals surface area contributed by atoms with E-state index in [0.717, 1.165) is 42.5 Å². The number of hydrogen-bond acceptors (Lipinski definition) is 4. The molecule has 0 aliphatic carbocycles. The van der Waals surface area contributed by atoms with E-state index in [1.165, 1.54) is 6.42 Å². The van der Waals surface area contributed by atoms with E-state index in [4.69, 9.17) is 18.0 Å². The monoisotopic (exact) mass is 259 g/mol. The van der Waals surface area contributed by atoms with Gasteiger partial charge in [-0.1, -0.05) is 18.6 Å². The molecular formula is C12H13N5S. The number of nitrogens with zero attached hydrogens (tertiary/aromatic N) is 3. The van der Waals surface area contributed by atoms with Crippen molar-refractivity contribution in [3.8, 4) is 6.07 Å². The lowest BCUT2D eigenvalue weighted by Crippen LogP contribution is -2.02. The van der Waals surface area contributed by atoms with Crippen molar-refractivity contribution >= 4 is 29.2 Å². The van der Waals surface area contributed by atoms with Crippen LogP contribution in [0.5, 0.6) is 0 Å². The Labute approximate surface area is 109 Å². The Bertz CT molecular complexity index is 719. The van der Waals surface area contributed by atoms with Crippen LogP contribution in [0.3, 0.4) is 0 Å². The van der Waals surface area contributed by atoms with Crippen molar-refractivity contribution in [2.45, 2.75) is 32.2 Å². The predicted molar refractivity (Wildman–Crippen MR) is 71.6 cm³/mol. The Morgan fingerprint density at radius 2 is 2.22 bits per heavy atom. The molecule has 2 aromatic heterocycles. The van der Waals surface area contributed by atoms with Crippen LogP contribution < -0.4 is 5.73 Å². The van der Waals surface area contributed by atoms with Crippen LogP contribution in [-0.2, 0) is 13.0 Å². The van der Waals surface area contributed by atoms with E-state index in [0.29, 0.717) is 10.2 Å². The van der Waals surface area contributed by atoms with Gasteiger partial charge in [0.2, 0.25) is 0 Å². The summed E-state index contributed by atoms with van der Waals surface area (Å²) in [4.78, 5) is 7.08. The number of aromatic nitrogens is 3. The molecule has 2 aromatic rings. The highest BCUT2D eigenvalue weighted by molar-refractivity contribution is 7.71. The van der Waals surface area contributed by atoms with Crippen LogP contribution in [0.1, 0.15) is 30.5 Å². The first-order chi connectivity index (χ1) is 8.72. The fourth-order valence-corrected chi connectivity index (χ4v) is 3.01. The molecule has 0 atom stereocenters. The van der Waals surface area contributed by atoms with Gasteiger partial charge in [0, 0.05) is 12.2 Å². The minimum absolute atomic E-state index is 0.268. The fraction of sp³-hybridized carbons (Fsp3) is 0.417. The number of H-pyrrole nitrogens is 1. The summed E-state index contributed by atoms with van der Waals surface area (Å²) in [7, 11) is 0. The molecular weight excluding hydrogens is 246 g/mol. The zero-order valence-electron chi connectivity index (χ0n) is 9.86. The maximum atomic E-state index is 9.38. The highest BCUT2D eigenvalue weighted by Crippen LogP contribution is 2.29. The minimum Gasteiger partial charge on any atom is -0.369 e. The van der Waals surface area contributed by atoms with Crippen LogP contribution in [0.4, 0.5) is 5.95 Å². The molecule has 5 nitrogen and oxygen atoms in total. The van der Waals surface area contributed by atoms with Crippen LogP contribution in [-0.4, -0.2) is 14.5 Å². The number of nitriles is 1. The Morgan fingerprint density at radius 1 is 1.39 bits per heavy atom. The Balaban J connectivity index is 2.46. The highest BCUT2D eigenvalue weighted by Gasteiger charge is 2.20. The van der Waals surface area contributed by atoms with Crippen LogP contribution in [0.25, 0.3) is 11.0 Å². The van der Waals surface area contributed by atoms with E-state index in [-0.39, 0.29) is 5.95 Å². The molecule has 0 radical (unpaired) electrons. The molecule has 18 heavy (non-hydrogen) atoms. The lowest BCUT2D eigenvalue weighted by Gasteiger charge is -2.05. The second kappa shape index (κ2) is 4.10. The van der Waals surface area contributed by atoms with Gasteiger partial charge in [-0.05, 0) is 19.3 Å². The van der Waals surface area contributed by atoms with Crippen LogP contribution in [0, 0.1) is 16.0 Å². The van der Waals surface area contributed by atoms with Crippen LogP contribution in [0.15, 0.2) is 0 Å². The minimum atomic E-state index is 0.268. The van der Waals surface area contributed by atoms with Crippen molar-refractivity contribution < 1.29 is 0 Å². The Kier molecular flexibility index (Phi) is 2.56. The Hall–Kier alpha value is -1.87. The van der Waals surface area contributed by atoms with Gasteiger partial charge >= 0.3 is 0 Å². The molecule has 0 bridgehead atoms. The molecule has 3 N–H and O–H groups in total.